The Morgan fingerprint density at radius 2 is 1.24 bits per heavy atom. The normalized spacial score (nSPS) is 12.6. The molecule has 1 atom stereocenters. The van der Waals surface area contributed by atoms with Crippen molar-refractivity contribution in [3.8, 4) is 0 Å². The highest BCUT2D eigenvalue weighted by Gasteiger charge is 2.43. The lowest BCUT2D eigenvalue weighted by Gasteiger charge is -2.31. The summed E-state index contributed by atoms with van der Waals surface area (Å²) in [6.45, 7) is 8.30. The molecule has 0 radical (unpaired) electrons. The number of H-pyrrole nitrogens is 1. The maximum atomic E-state index is 15.3. The summed E-state index contributed by atoms with van der Waals surface area (Å²) in [7, 11) is 1.63. The predicted octanol–water partition coefficient (Wildman–Crippen LogP) is 9.02. The van der Waals surface area contributed by atoms with Gasteiger partial charge in [0.2, 0.25) is 11.8 Å². The van der Waals surface area contributed by atoms with E-state index in [1.807, 2.05) is 24.4 Å². The third kappa shape index (κ3) is 6.96. The first-order valence-corrected chi connectivity index (χ1v) is 18.6. The smallest absolute Gasteiger partial charge is 0.242 e. The third-order valence-electron chi connectivity index (χ3n) is 10.6. The van der Waals surface area contributed by atoms with Gasteiger partial charge in [-0.1, -0.05) is 107 Å². The van der Waals surface area contributed by atoms with Gasteiger partial charge in [-0.3, -0.25) is 9.59 Å². The Balaban J connectivity index is 1.47. The summed E-state index contributed by atoms with van der Waals surface area (Å²) in [6, 6.07) is 24.2. The minimum atomic E-state index is -1.10. The number of benzene rings is 3. The van der Waals surface area contributed by atoms with Crippen LogP contribution in [0.4, 0.5) is 0 Å². The highest BCUT2D eigenvalue weighted by molar-refractivity contribution is 6.03. The molecular formula is C43H53N5O2. The molecule has 0 unspecified atom stereocenters. The van der Waals surface area contributed by atoms with Gasteiger partial charge in [0.15, 0.2) is 0 Å². The fraction of sp³-hybridized carbons (Fsp3) is 0.395. The Morgan fingerprint density at radius 1 is 0.720 bits per heavy atom. The van der Waals surface area contributed by atoms with Crippen LogP contribution in [0.3, 0.4) is 0 Å². The van der Waals surface area contributed by atoms with E-state index in [1.165, 1.54) is 38.5 Å². The summed E-state index contributed by atoms with van der Waals surface area (Å²) in [5.74, 6) is -0.406. The van der Waals surface area contributed by atoms with E-state index >= 15 is 4.79 Å². The molecule has 3 aromatic heterocycles. The van der Waals surface area contributed by atoms with Crippen LogP contribution in [0.25, 0.3) is 32.7 Å². The van der Waals surface area contributed by atoms with Crippen molar-refractivity contribution in [1.82, 2.24) is 24.8 Å². The molecule has 0 saturated heterocycles. The average molecular weight is 672 g/mol. The largest absolute Gasteiger partial charge is 0.361 e. The lowest BCUT2D eigenvalue weighted by Crippen LogP contribution is -2.53. The van der Waals surface area contributed by atoms with E-state index in [-0.39, 0.29) is 11.8 Å². The zero-order valence-corrected chi connectivity index (χ0v) is 30.2. The van der Waals surface area contributed by atoms with Crippen LogP contribution in [0.1, 0.15) is 88.8 Å². The Hall–Kier alpha value is -4.78. The van der Waals surface area contributed by atoms with Crippen LogP contribution < -0.4 is 10.6 Å². The van der Waals surface area contributed by atoms with E-state index in [2.05, 4.69) is 113 Å². The van der Waals surface area contributed by atoms with Gasteiger partial charge < -0.3 is 24.8 Å². The number of hydrogen-bond donors (Lipinski definition) is 3. The van der Waals surface area contributed by atoms with Crippen LogP contribution in [0.15, 0.2) is 91.4 Å². The number of unbranched alkanes of at least 4 members (excludes halogenated alkanes) is 6. The SMILES string of the molecule is CCCCCCn1cc(C(C)(C(=O)N[C@@H](Cc2c[nH]c3ccccc23)C(=O)NC)c2cn(CCCCCC)c3ccccc23)c2ccccc21. The van der Waals surface area contributed by atoms with Crippen molar-refractivity contribution in [1.29, 1.82) is 0 Å². The number of para-hydroxylation sites is 3. The minimum Gasteiger partial charge on any atom is -0.361 e. The van der Waals surface area contributed by atoms with Crippen molar-refractivity contribution >= 4 is 44.5 Å². The van der Waals surface area contributed by atoms with Gasteiger partial charge in [-0.25, -0.2) is 0 Å². The Labute approximate surface area is 296 Å². The highest BCUT2D eigenvalue weighted by Crippen LogP contribution is 2.42. The van der Waals surface area contributed by atoms with Crippen LogP contribution in [-0.2, 0) is 34.5 Å². The van der Waals surface area contributed by atoms with Crippen molar-refractivity contribution < 1.29 is 9.59 Å². The Kier molecular flexibility index (Phi) is 11.1. The number of aryl methyl sites for hydroxylation is 2. The number of amides is 2. The molecule has 262 valence electrons. The van der Waals surface area contributed by atoms with E-state index < -0.39 is 11.5 Å². The number of nitrogens with one attached hydrogen (secondary N) is 3. The first kappa shape index (κ1) is 35.1. The summed E-state index contributed by atoms with van der Waals surface area (Å²) < 4.78 is 4.66. The molecule has 0 aliphatic carbocycles. The molecule has 6 aromatic rings. The maximum absolute atomic E-state index is 15.3. The van der Waals surface area contributed by atoms with Gasteiger partial charge in [0.1, 0.15) is 11.5 Å². The molecular weight excluding hydrogens is 619 g/mol. The lowest BCUT2D eigenvalue weighted by atomic mass is 9.74. The van der Waals surface area contributed by atoms with Gasteiger partial charge in [-0.05, 0) is 54.7 Å². The number of rotatable bonds is 17. The van der Waals surface area contributed by atoms with Crippen LogP contribution in [0.5, 0.6) is 0 Å². The summed E-state index contributed by atoms with van der Waals surface area (Å²) in [6.07, 6.45) is 16.0. The molecule has 7 nitrogen and oxygen atoms in total. The summed E-state index contributed by atoms with van der Waals surface area (Å²) in [4.78, 5) is 32.1. The Bertz CT molecular complexity index is 1970. The molecule has 0 saturated carbocycles. The molecule has 0 bridgehead atoms. The molecule has 0 aliphatic rings. The van der Waals surface area contributed by atoms with Gasteiger partial charge in [0.05, 0.1) is 0 Å². The summed E-state index contributed by atoms with van der Waals surface area (Å²) in [5, 5.41) is 9.30. The molecule has 7 heteroatoms. The first-order valence-electron chi connectivity index (χ1n) is 18.6. The van der Waals surface area contributed by atoms with Gasteiger partial charge in [-0.15, -0.1) is 0 Å². The van der Waals surface area contributed by atoms with Crippen molar-refractivity contribution in [2.45, 2.75) is 103 Å². The predicted molar refractivity (Wildman–Crippen MR) is 207 cm³/mol. The lowest BCUT2D eigenvalue weighted by molar-refractivity contribution is -0.130. The average Bonchev–Trinajstić information content (AvgIpc) is 3.85. The van der Waals surface area contributed by atoms with Crippen molar-refractivity contribution in [3.05, 3.63) is 108 Å². The number of likely N-dealkylation sites (N-methyl/N-ethyl adjacent to an activating group) is 1. The van der Waals surface area contributed by atoms with Gasteiger partial charge in [0.25, 0.3) is 0 Å². The van der Waals surface area contributed by atoms with Crippen LogP contribution in [0.2, 0.25) is 0 Å². The zero-order chi connectivity index (χ0) is 35.1. The topological polar surface area (TPSA) is 83.8 Å². The molecule has 2 amide bonds. The fourth-order valence-corrected chi connectivity index (χ4v) is 7.67. The Morgan fingerprint density at radius 3 is 1.78 bits per heavy atom. The molecule has 3 aromatic carbocycles. The van der Waals surface area contributed by atoms with E-state index in [9.17, 15) is 4.79 Å². The second-order valence-electron chi connectivity index (χ2n) is 14.0. The molecule has 0 fully saturated rings. The summed E-state index contributed by atoms with van der Waals surface area (Å²) >= 11 is 0. The van der Waals surface area contributed by atoms with E-state index in [4.69, 9.17) is 0 Å². The number of nitrogens with zero attached hydrogens (tertiary/aromatic N) is 2. The van der Waals surface area contributed by atoms with Gasteiger partial charge in [-0.2, -0.15) is 0 Å². The van der Waals surface area contributed by atoms with Crippen LogP contribution >= 0.6 is 0 Å². The number of carbonyl (C=O) groups excluding carboxylic acids is 2. The van der Waals surface area contributed by atoms with Gasteiger partial charge >= 0.3 is 0 Å². The van der Waals surface area contributed by atoms with Gasteiger partial charge in [0, 0.05) is 77.9 Å². The fourth-order valence-electron chi connectivity index (χ4n) is 7.67. The zero-order valence-electron chi connectivity index (χ0n) is 30.2. The van der Waals surface area contributed by atoms with Crippen LogP contribution in [0, 0.1) is 0 Å². The van der Waals surface area contributed by atoms with E-state index in [1.54, 1.807) is 7.05 Å². The molecule has 6 rings (SSSR count). The second-order valence-corrected chi connectivity index (χ2v) is 14.0. The second kappa shape index (κ2) is 15.8. The highest BCUT2D eigenvalue weighted by atomic mass is 16.2. The molecule has 50 heavy (non-hydrogen) atoms. The molecule has 3 N–H and O–H groups in total. The number of hydrogen-bond acceptors (Lipinski definition) is 2. The molecule has 3 heterocycles. The van der Waals surface area contributed by atoms with E-state index in [0.29, 0.717) is 6.42 Å². The monoisotopic (exact) mass is 671 g/mol. The maximum Gasteiger partial charge on any atom is 0.242 e. The van der Waals surface area contributed by atoms with Crippen molar-refractivity contribution in [2.75, 3.05) is 7.05 Å². The van der Waals surface area contributed by atoms with Crippen LogP contribution in [-0.4, -0.2) is 39.0 Å². The standard InChI is InChI=1S/C43H53N5O2/c1-5-7-9-17-25-47-29-35(33-20-12-15-23-39(33)47)43(3,36-30-48(26-18-10-8-6-2)40-24-16-13-21-34(36)40)42(50)46-38(41(49)44-4)27-31-28-45-37-22-14-11-19-32(31)37/h11-16,19-24,28-30,38,45H,5-10,17-18,25-27H2,1-4H3,(H,44,49)(H,46,50)/t38-/m0/s1. The molecule has 0 spiro atoms. The number of carbonyl (C=O) groups is 2. The third-order valence-corrected chi connectivity index (χ3v) is 10.6. The molecule has 0 aliphatic heterocycles. The quantitative estimate of drug-likeness (QED) is 0.0846. The number of aromatic amines is 1. The number of aromatic nitrogens is 3. The number of fused-ring (bicyclic) bond motifs is 3. The van der Waals surface area contributed by atoms with Crippen molar-refractivity contribution in [3.63, 3.8) is 0 Å². The minimum absolute atomic E-state index is 0.186. The first-order chi connectivity index (χ1) is 24.4. The van der Waals surface area contributed by atoms with Crippen molar-refractivity contribution in [2.24, 2.45) is 0 Å². The van der Waals surface area contributed by atoms with E-state index in [0.717, 1.165) is 75.3 Å². The summed E-state index contributed by atoms with van der Waals surface area (Å²) in [5.41, 5.74) is 5.06.